The van der Waals surface area contributed by atoms with Gasteiger partial charge in [0.1, 0.15) is 5.82 Å². The van der Waals surface area contributed by atoms with Gasteiger partial charge >= 0.3 is 0 Å². The minimum Gasteiger partial charge on any atom is -0.334 e. The van der Waals surface area contributed by atoms with Gasteiger partial charge in [0.15, 0.2) is 0 Å². The van der Waals surface area contributed by atoms with Crippen LogP contribution >= 0.6 is 27.3 Å². The highest BCUT2D eigenvalue weighted by atomic mass is 79.9. The van der Waals surface area contributed by atoms with Gasteiger partial charge in [-0.05, 0) is 36.4 Å². The van der Waals surface area contributed by atoms with Crippen molar-refractivity contribution in [2.75, 3.05) is 11.9 Å². The zero-order chi connectivity index (χ0) is 15.4. The van der Waals surface area contributed by atoms with Crippen molar-refractivity contribution in [2.24, 2.45) is 0 Å². The molecule has 0 aliphatic heterocycles. The van der Waals surface area contributed by atoms with Crippen molar-refractivity contribution >= 4 is 43.3 Å². The average molecular weight is 372 g/mol. The lowest BCUT2D eigenvalue weighted by Crippen LogP contribution is -2.40. The first-order chi connectivity index (χ1) is 10.1. The Hall–Kier alpha value is -0.940. The molecule has 0 saturated carbocycles. The van der Waals surface area contributed by atoms with Gasteiger partial charge in [-0.1, -0.05) is 35.8 Å². The molecule has 1 aromatic carbocycles. The van der Waals surface area contributed by atoms with E-state index < -0.39 is 0 Å². The van der Waals surface area contributed by atoms with Gasteiger partial charge in [-0.2, -0.15) is 0 Å². The first-order valence-corrected chi connectivity index (χ1v) is 9.10. The number of halogens is 2. The van der Waals surface area contributed by atoms with Crippen LogP contribution in [0.1, 0.15) is 36.4 Å². The molecular formula is C16H19BrFNOS. The molecule has 5 heteroatoms. The van der Waals surface area contributed by atoms with Gasteiger partial charge in [0.25, 0.3) is 5.91 Å². The molecule has 2 rings (SSSR count). The summed E-state index contributed by atoms with van der Waals surface area (Å²) in [5, 5.41) is 1.68. The van der Waals surface area contributed by atoms with E-state index in [4.69, 9.17) is 0 Å². The van der Waals surface area contributed by atoms with Crippen molar-refractivity contribution in [3.8, 4) is 0 Å². The molecule has 114 valence electrons. The van der Waals surface area contributed by atoms with Crippen molar-refractivity contribution in [1.29, 1.82) is 0 Å². The van der Waals surface area contributed by atoms with E-state index in [1.165, 1.54) is 23.5 Å². The Morgan fingerprint density at radius 2 is 2.05 bits per heavy atom. The predicted octanol–water partition coefficient (Wildman–Crippen LogP) is 5.07. The quantitative estimate of drug-likeness (QED) is 0.649. The summed E-state index contributed by atoms with van der Waals surface area (Å²) in [4.78, 5) is 15.4. The lowest BCUT2D eigenvalue weighted by Gasteiger charge is -2.29. The summed E-state index contributed by atoms with van der Waals surface area (Å²) in [5.41, 5.74) is 0. The second-order valence-electron chi connectivity index (χ2n) is 4.95. The summed E-state index contributed by atoms with van der Waals surface area (Å²) in [7, 11) is 0. The summed E-state index contributed by atoms with van der Waals surface area (Å²) in [6, 6.07) is 6.76. The molecule has 1 aromatic heterocycles. The summed E-state index contributed by atoms with van der Waals surface area (Å²) < 4.78 is 14.1. The van der Waals surface area contributed by atoms with Crippen LogP contribution in [0.2, 0.25) is 0 Å². The van der Waals surface area contributed by atoms with Crippen molar-refractivity contribution in [3.05, 3.63) is 35.0 Å². The van der Waals surface area contributed by atoms with Gasteiger partial charge in [-0.25, -0.2) is 4.39 Å². The van der Waals surface area contributed by atoms with E-state index in [9.17, 15) is 9.18 Å². The van der Waals surface area contributed by atoms with Crippen LogP contribution in [-0.4, -0.2) is 28.7 Å². The van der Waals surface area contributed by atoms with Crippen LogP contribution in [0.4, 0.5) is 4.39 Å². The molecule has 0 bridgehead atoms. The average Bonchev–Trinajstić information content (AvgIpc) is 2.89. The molecule has 21 heavy (non-hydrogen) atoms. The predicted molar refractivity (Wildman–Crippen MR) is 91.0 cm³/mol. The number of carbonyl (C=O) groups excluding carboxylic acids is 1. The molecule has 0 unspecified atom stereocenters. The third-order valence-electron chi connectivity index (χ3n) is 3.66. The van der Waals surface area contributed by atoms with Gasteiger partial charge in [0.05, 0.1) is 4.88 Å². The SMILES string of the molecule is CCC(CC)N(CCBr)C(=O)c1cc2ccc(F)cc2s1. The Morgan fingerprint density at radius 3 is 2.67 bits per heavy atom. The fourth-order valence-electron chi connectivity index (χ4n) is 2.52. The van der Waals surface area contributed by atoms with Crippen LogP contribution in [0.25, 0.3) is 10.1 Å². The van der Waals surface area contributed by atoms with Crippen LogP contribution in [0.5, 0.6) is 0 Å². The highest BCUT2D eigenvalue weighted by Crippen LogP contribution is 2.28. The fourth-order valence-corrected chi connectivity index (χ4v) is 3.95. The third kappa shape index (κ3) is 3.64. The summed E-state index contributed by atoms with van der Waals surface area (Å²) in [6.07, 6.45) is 1.88. The number of hydrogen-bond acceptors (Lipinski definition) is 2. The van der Waals surface area contributed by atoms with E-state index in [-0.39, 0.29) is 17.8 Å². The summed E-state index contributed by atoms with van der Waals surface area (Å²) in [6.45, 7) is 4.89. The minimum absolute atomic E-state index is 0.0461. The van der Waals surface area contributed by atoms with E-state index in [1.807, 2.05) is 11.0 Å². The molecular weight excluding hydrogens is 353 g/mol. The van der Waals surface area contributed by atoms with E-state index in [0.29, 0.717) is 11.4 Å². The largest absolute Gasteiger partial charge is 0.334 e. The number of fused-ring (bicyclic) bond motifs is 1. The van der Waals surface area contributed by atoms with Crippen molar-refractivity contribution < 1.29 is 9.18 Å². The topological polar surface area (TPSA) is 20.3 Å². The molecule has 0 saturated heterocycles. The number of benzene rings is 1. The molecule has 1 amide bonds. The Bertz CT molecular complexity index is 624. The molecule has 0 atom stereocenters. The van der Waals surface area contributed by atoms with E-state index in [1.54, 1.807) is 6.07 Å². The van der Waals surface area contributed by atoms with Crippen LogP contribution < -0.4 is 0 Å². The monoisotopic (exact) mass is 371 g/mol. The normalized spacial score (nSPS) is 11.3. The van der Waals surface area contributed by atoms with E-state index in [0.717, 1.165) is 28.3 Å². The molecule has 2 nitrogen and oxygen atoms in total. The van der Waals surface area contributed by atoms with Crippen LogP contribution in [0.15, 0.2) is 24.3 Å². The number of amides is 1. The van der Waals surface area contributed by atoms with Crippen LogP contribution in [0, 0.1) is 5.82 Å². The highest BCUT2D eigenvalue weighted by Gasteiger charge is 2.23. The molecule has 0 radical (unpaired) electrons. The maximum atomic E-state index is 13.3. The molecule has 0 aliphatic carbocycles. The molecule has 2 aromatic rings. The number of nitrogens with zero attached hydrogens (tertiary/aromatic N) is 1. The standard InChI is InChI=1S/C16H19BrFNOS/c1-3-13(4-2)19(8-7-17)16(20)15-9-11-5-6-12(18)10-14(11)21-15/h5-6,9-10,13H,3-4,7-8H2,1-2H3. The third-order valence-corrected chi connectivity index (χ3v) is 5.10. The van der Waals surface area contributed by atoms with Gasteiger partial charge in [0.2, 0.25) is 0 Å². The first-order valence-electron chi connectivity index (χ1n) is 7.16. The van der Waals surface area contributed by atoms with Crippen LogP contribution in [0.3, 0.4) is 0 Å². The number of alkyl halides is 1. The van der Waals surface area contributed by atoms with E-state index in [2.05, 4.69) is 29.8 Å². The van der Waals surface area contributed by atoms with Gasteiger partial charge in [0, 0.05) is 22.6 Å². The Balaban J connectivity index is 2.33. The number of thiophene rings is 1. The minimum atomic E-state index is -0.263. The number of hydrogen-bond donors (Lipinski definition) is 0. The van der Waals surface area contributed by atoms with E-state index >= 15 is 0 Å². The second-order valence-corrected chi connectivity index (χ2v) is 6.83. The van der Waals surface area contributed by atoms with Gasteiger partial charge < -0.3 is 4.90 Å². The Kier molecular flexibility index (Phi) is 5.76. The Morgan fingerprint density at radius 1 is 1.33 bits per heavy atom. The fraction of sp³-hybridized carbons (Fsp3) is 0.438. The lowest BCUT2D eigenvalue weighted by atomic mass is 10.1. The van der Waals surface area contributed by atoms with Gasteiger partial charge in [-0.15, -0.1) is 11.3 Å². The summed E-state index contributed by atoms with van der Waals surface area (Å²) in [5.74, 6) is -0.217. The zero-order valence-electron chi connectivity index (χ0n) is 12.2. The highest BCUT2D eigenvalue weighted by molar-refractivity contribution is 9.09. The zero-order valence-corrected chi connectivity index (χ0v) is 14.6. The lowest BCUT2D eigenvalue weighted by molar-refractivity contribution is 0.0688. The maximum absolute atomic E-state index is 13.3. The Labute approximate surface area is 137 Å². The van der Waals surface area contributed by atoms with Crippen molar-refractivity contribution in [3.63, 3.8) is 0 Å². The van der Waals surface area contributed by atoms with Crippen molar-refractivity contribution in [1.82, 2.24) is 4.90 Å². The smallest absolute Gasteiger partial charge is 0.264 e. The van der Waals surface area contributed by atoms with Gasteiger partial charge in [-0.3, -0.25) is 4.79 Å². The van der Waals surface area contributed by atoms with Crippen LogP contribution in [-0.2, 0) is 0 Å². The number of carbonyl (C=O) groups is 1. The molecule has 1 heterocycles. The maximum Gasteiger partial charge on any atom is 0.264 e. The second kappa shape index (κ2) is 7.36. The molecule has 0 N–H and O–H groups in total. The first kappa shape index (κ1) is 16.4. The molecule has 0 aliphatic rings. The van der Waals surface area contributed by atoms with Crippen molar-refractivity contribution in [2.45, 2.75) is 32.7 Å². The summed E-state index contributed by atoms with van der Waals surface area (Å²) >= 11 is 4.79. The molecule has 0 fully saturated rings. The molecule has 0 spiro atoms. The number of rotatable bonds is 6.